The number of para-hydroxylation sites is 2. The highest BCUT2D eigenvalue weighted by molar-refractivity contribution is 7.15. The van der Waals surface area contributed by atoms with Crippen molar-refractivity contribution in [2.45, 2.75) is 45.4 Å². The van der Waals surface area contributed by atoms with Gasteiger partial charge in [-0.3, -0.25) is 4.79 Å². The second-order valence-electron chi connectivity index (χ2n) is 7.32. The van der Waals surface area contributed by atoms with Gasteiger partial charge in [-0.25, -0.2) is 9.38 Å². The highest BCUT2D eigenvalue weighted by Gasteiger charge is 2.10. The van der Waals surface area contributed by atoms with Crippen molar-refractivity contribution in [3.05, 3.63) is 69.0 Å². The molecule has 5 heteroatoms. The Morgan fingerprint density at radius 2 is 1.76 bits per heavy atom. The average Bonchev–Trinajstić information content (AvgIpc) is 3.25. The van der Waals surface area contributed by atoms with E-state index in [9.17, 15) is 4.79 Å². The van der Waals surface area contributed by atoms with Crippen molar-refractivity contribution in [3.8, 4) is 5.75 Å². The van der Waals surface area contributed by atoms with Crippen LogP contribution in [0.15, 0.2) is 53.3 Å². The normalized spacial score (nSPS) is 12.2. The first-order valence-corrected chi connectivity index (χ1v) is 11.2. The van der Waals surface area contributed by atoms with Crippen molar-refractivity contribution in [1.82, 2.24) is 9.38 Å². The number of ether oxygens (including phenoxy) is 1. The van der Waals surface area contributed by atoms with Crippen LogP contribution in [0.1, 0.15) is 51.0 Å². The molecule has 0 amide bonds. The quantitative estimate of drug-likeness (QED) is 0.359. The Hall–Kier alpha value is -2.66. The summed E-state index contributed by atoms with van der Waals surface area (Å²) in [6.07, 6.45) is 9.48. The molecule has 0 fully saturated rings. The summed E-state index contributed by atoms with van der Waals surface area (Å²) in [5.74, 6) is 0.880. The largest absolute Gasteiger partial charge is 0.494 e. The number of rotatable bonds is 9. The molecule has 2 aromatic carbocycles. The van der Waals surface area contributed by atoms with Crippen LogP contribution in [-0.2, 0) is 0 Å². The Morgan fingerprint density at radius 1 is 1.00 bits per heavy atom. The topological polar surface area (TPSA) is 43.6 Å². The zero-order chi connectivity index (χ0) is 20.1. The second-order valence-corrected chi connectivity index (χ2v) is 8.33. The van der Waals surface area contributed by atoms with Gasteiger partial charge in [0.1, 0.15) is 5.75 Å². The molecule has 29 heavy (non-hydrogen) atoms. The minimum atomic E-state index is -0.0119. The van der Waals surface area contributed by atoms with E-state index in [0.29, 0.717) is 4.53 Å². The van der Waals surface area contributed by atoms with Crippen molar-refractivity contribution < 1.29 is 4.74 Å². The van der Waals surface area contributed by atoms with Crippen molar-refractivity contribution in [1.29, 1.82) is 0 Å². The molecular formula is C24H26N2O2S. The maximum atomic E-state index is 12.8. The molecule has 0 saturated carbocycles. The van der Waals surface area contributed by atoms with E-state index in [-0.39, 0.29) is 5.56 Å². The smallest absolute Gasteiger partial charge is 0.274 e. The molecule has 0 saturated heterocycles. The van der Waals surface area contributed by atoms with E-state index in [1.165, 1.54) is 43.4 Å². The molecule has 0 aliphatic carbocycles. The van der Waals surface area contributed by atoms with Crippen LogP contribution in [0.25, 0.3) is 22.1 Å². The minimum absolute atomic E-state index is 0.0119. The predicted octanol–water partition coefficient (Wildman–Crippen LogP) is 5.20. The predicted molar refractivity (Wildman–Crippen MR) is 121 cm³/mol. The molecule has 0 unspecified atom stereocenters. The van der Waals surface area contributed by atoms with E-state index in [1.54, 1.807) is 4.40 Å². The van der Waals surface area contributed by atoms with Crippen LogP contribution in [0.2, 0.25) is 0 Å². The molecule has 0 N–H and O–H groups in total. The standard InChI is InChI=1S/C24H26N2O2S/c1-2-3-4-5-6-9-16-28-19-14-12-18(13-15-19)17-22-23(27)26-21-11-8-7-10-20(21)25-24(26)29-22/h7-8,10-15,17H,2-6,9,16H2,1H3. The summed E-state index contributed by atoms with van der Waals surface area (Å²) >= 11 is 1.43. The monoisotopic (exact) mass is 406 g/mol. The first-order valence-electron chi connectivity index (χ1n) is 10.4. The molecule has 4 rings (SSSR count). The molecule has 150 valence electrons. The van der Waals surface area contributed by atoms with E-state index < -0.39 is 0 Å². The fraction of sp³-hybridized carbons (Fsp3) is 0.333. The van der Waals surface area contributed by atoms with Crippen molar-refractivity contribution >= 4 is 33.4 Å². The maximum Gasteiger partial charge on any atom is 0.274 e. The Labute approximate surface area is 174 Å². The van der Waals surface area contributed by atoms with E-state index in [1.807, 2.05) is 54.6 Å². The van der Waals surface area contributed by atoms with E-state index in [4.69, 9.17) is 4.74 Å². The first kappa shape index (κ1) is 19.6. The molecule has 4 aromatic rings. The number of nitrogens with zero attached hydrogens (tertiary/aromatic N) is 2. The summed E-state index contributed by atoms with van der Waals surface area (Å²) in [6.45, 7) is 3.00. The van der Waals surface area contributed by atoms with Crippen LogP contribution >= 0.6 is 11.3 Å². The Morgan fingerprint density at radius 3 is 2.59 bits per heavy atom. The van der Waals surface area contributed by atoms with Crippen LogP contribution in [0.3, 0.4) is 0 Å². The van der Waals surface area contributed by atoms with Gasteiger partial charge >= 0.3 is 0 Å². The molecule has 0 bridgehead atoms. The van der Waals surface area contributed by atoms with E-state index in [0.717, 1.165) is 40.3 Å². The minimum Gasteiger partial charge on any atom is -0.494 e. The van der Waals surface area contributed by atoms with Gasteiger partial charge in [0.05, 0.1) is 22.2 Å². The number of hydrogen-bond acceptors (Lipinski definition) is 4. The summed E-state index contributed by atoms with van der Waals surface area (Å²) < 4.78 is 8.23. The van der Waals surface area contributed by atoms with Gasteiger partial charge in [0.15, 0.2) is 4.96 Å². The van der Waals surface area contributed by atoms with Crippen LogP contribution < -0.4 is 14.8 Å². The number of aromatic nitrogens is 2. The third kappa shape index (κ3) is 4.51. The molecule has 4 nitrogen and oxygen atoms in total. The Kier molecular flexibility index (Phi) is 6.25. The van der Waals surface area contributed by atoms with Gasteiger partial charge in [-0.2, -0.15) is 0 Å². The second kappa shape index (κ2) is 9.23. The van der Waals surface area contributed by atoms with Gasteiger partial charge in [-0.1, -0.05) is 74.6 Å². The highest BCUT2D eigenvalue weighted by Crippen LogP contribution is 2.17. The summed E-state index contributed by atoms with van der Waals surface area (Å²) in [4.78, 5) is 18.1. The summed E-state index contributed by atoms with van der Waals surface area (Å²) in [7, 11) is 0. The van der Waals surface area contributed by atoms with Gasteiger partial charge in [0, 0.05) is 0 Å². The maximum absolute atomic E-state index is 12.8. The number of thiazole rings is 1. The molecular weight excluding hydrogens is 380 g/mol. The number of imidazole rings is 1. The molecule has 0 aliphatic rings. The lowest BCUT2D eigenvalue weighted by molar-refractivity contribution is 0.304. The zero-order valence-corrected chi connectivity index (χ0v) is 17.6. The highest BCUT2D eigenvalue weighted by atomic mass is 32.1. The average molecular weight is 407 g/mol. The van der Waals surface area contributed by atoms with Crippen LogP contribution in [0.4, 0.5) is 0 Å². The lowest BCUT2D eigenvalue weighted by Crippen LogP contribution is -2.22. The number of benzene rings is 2. The lowest BCUT2D eigenvalue weighted by Gasteiger charge is -2.06. The van der Waals surface area contributed by atoms with E-state index in [2.05, 4.69) is 11.9 Å². The van der Waals surface area contributed by atoms with Gasteiger partial charge < -0.3 is 4.74 Å². The van der Waals surface area contributed by atoms with Crippen LogP contribution in [-0.4, -0.2) is 16.0 Å². The number of hydrogen-bond donors (Lipinski definition) is 0. The summed E-state index contributed by atoms with van der Waals surface area (Å²) in [5.41, 5.74) is 2.70. The molecule has 2 aromatic heterocycles. The van der Waals surface area contributed by atoms with Gasteiger partial charge in [0.25, 0.3) is 5.56 Å². The summed E-state index contributed by atoms with van der Waals surface area (Å²) in [5, 5.41) is 0. The van der Waals surface area contributed by atoms with Crippen LogP contribution in [0, 0.1) is 0 Å². The fourth-order valence-corrected chi connectivity index (χ4v) is 4.48. The summed E-state index contributed by atoms with van der Waals surface area (Å²) in [6, 6.07) is 15.7. The molecule has 0 radical (unpaired) electrons. The molecule has 0 atom stereocenters. The third-order valence-corrected chi connectivity index (χ3v) is 6.06. The van der Waals surface area contributed by atoms with E-state index >= 15 is 0 Å². The lowest BCUT2D eigenvalue weighted by atomic mass is 10.1. The van der Waals surface area contributed by atoms with Gasteiger partial charge in [-0.05, 0) is 42.3 Å². The molecule has 0 spiro atoms. The first-order chi connectivity index (χ1) is 14.3. The zero-order valence-electron chi connectivity index (χ0n) is 16.8. The SMILES string of the molecule is CCCCCCCCOc1ccc(C=c2sc3nc4ccccc4n3c2=O)cc1. The Bertz CT molecular complexity index is 1190. The van der Waals surface area contributed by atoms with Crippen molar-refractivity contribution in [3.63, 3.8) is 0 Å². The van der Waals surface area contributed by atoms with Crippen molar-refractivity contribution in [2.75, 3.05) is 6.61 Å². The number of unbranched alkanes of at least 4 members (excludes halogenated alkanes) is 5. The van der Waals surface area contributed by atoms with Gasteiger partial charge in [0.2, 0.25) is 0 Å². The third-order valence-electron chi connectivity index (χ3n) is 5.09. The fourth-order valence-electron chi connectivity index (χ4n) is 3.50. The number of fused-ring (bicyclic) bond motifs is 3. The van der Waals surface area contributed by atoms with Crippen molar-refractivity contribution in [2.24, 2.45) is 0 Å². The van der Waals surface area contributed by atoms with Gasteiger partial charge in [-0.15, -0.1) is 0 Å². The molecule has 0 aliphatic heterocycles. The Balaban J connectivity index is 1.42. The van der Waals surface area contributed by atoms with Crippen LogP contribution in [0.5, 0.6) is 5.75 Å². The molecule has 2 heterocycles.